The Kier molecular flexibility index (Phi) is 2.41. The molecule has 1 aromatic rings. The highest BCUT2D eigenvalue weighted by Gasteiger charge is 2.01. The van der Waals surface area contributed by atoms with Crippen LogP contribution in [0.1, 0.15) is 12.5 Å². The van der Waals surface area contributed by atoms with Crippen LogP contribution in [0, 0.1) is 5.82 Å². The molecule has 0 spiro atoms. The summed E-state index contributed by atoms with van der Waals surface area (Å²) in [5.41, 5.74) is 0.636. The van der Waals surface area contributed by atoms with E-state index in [1.165, 1.54) is 13.3 Å². The number of halogens is 1. The number of aromatic nitrogens is 1. The van der Waals surface area contributed by atoms with Crippen molar-refractivity contribution < 1.29 is 9.13 Å². The summed E-state index contributed by atoms with van der Waals surface area (Å²) in [5, 5.41) is 0. The molecule has 0 atom stereocenters. The van der Waals surface area contributed by atoms with E-state index in [0.717, 1.165) is 0 Å². The van der Waals surface area contributed by atoms with Crippen molar-refractivity contribution in [3.63, 3.8) is 0 Å². The molecule has 60 valence electrons. The van der Waals surface area contributed by atoms with Crippen LogP contribution >= 0.6 is 0 Å². The lowest BCUT2D eigenvalue weighted by atomic mass is 10.2. The average molecular weight is 155 g/mol. The molecule has 0 radical (unpaired) electrons. The van der Waals surface area contributed by atoms with Crippen molar-refractivity contribution in [1.29, 1.82) is 0 Å². The number of aryl methyl sites for hydroxylation is 1. The summed E-state index contributed by atoms with van der Waals surface area (Å²) >= 11 is 0. The van der Waals surface area contributed by atoms with E-state index in [-0.39, 0.29) is 5.82 Å². The predicted octanol–water partition coefficient (Wildman–Crippen LogP) is 1.79. The maximum Gasteiger partial charge on any atom is 0.213 e. The van der Waals surface area contributed by atoms with Crippen LogP contribution in [-0.2, 0) is 6.42 Å². The van der Waals surface area contributed by atoms with Crippen LogP contribution in [0.15, 0.2) is 12.3 Å². The first kappa shape index (κ1) is 7.98. The number of hydrogen-bond acceptors (Lipinski definition) is 2. The molecule has 11 heavy (non-hydrogen) atoms. The van der Waals surface area contributed by atoms with Crippen LogP contribution < -0.4 is 4.74 Å². The summed E-state index contributed by atoms with van der Waals surface area (Å²) < 4.78 is 17.6. The van der Waals surface area contributed by atoms with Gasteiger partial charge in [0.15, 0.2) is 0 Å². The van der Waals surface area contributed by atoms with E-state index in [0.29, 0.717) is 17.9 Å². The van der Waals surface area contributed by atoms with Gasteiger partial charge in [-0.05, 0) is 12.0 Å². The van der Waals surface area contributed by atoms with Crippen LogP contribution in [0.3, 0.4) is 0 Å². The molecule has 0 fully saturated rings. The number of nitrogens with zero attached hydrogens (tertiary/aromatic N) is 1. The molecule has 0 bridgehead atoms. The minimum atomic E-state index is -0.270. The lowest BCUT2D eigenvalue weighted by Gasteiger charge is -2.01. The Morgan fingerprint density at radius 2 is 2.36 bits per heavy atom. The van der Waals surface area contributed by atoms with Crippen LogP contribution in [0.5, 0.6) is 5.88 Å². The fourth-order valence-electron chi connectivity index (χ4n) is 0.841. The molecule has 0 saturated heterocycles. The summed E-state index contributed by atoms with van der Waals surface area (Å²) in [5.74, 6) is 0.191. The first-order valence-corrected chi connectivity index (χ1v) is 3.46. The van der Waals surface area contributed by atoms with E-state index in [9.17, 15) is 4.39 Å². The van der Waals surface area contributed by atoms with Crippen LogP contribution in [0.4, 0.5) is 4.39 Å². The molecule has 0 aliphatic rings. The molecule has 0 saturated carbocycles. The normalized spacial score (nSPS) is 9.73. The molecular formula is C8H10FNO. The summed E-state index contributed by atoms with van der Waals surface area (Å²) in [6, 6.07) is 1.61. The zero-order valence-corrected chi connectivity index (χ0v) is 6.60. The van der Waals surface area contributed by atoms with Crippen molar-refractivity contribution in [2.45, 2.75) is 13.3 Å². The maximum absolute atomic E-state index is 12.8. The second-order valence-electron chi connectivity index (χ2n) is 2.17. The van der Waals surface area contributed by atoms with Crippen molar-refractivity contribution in [3.8, 4) is 5.88 Å². The monoisotopic (exact) mass is 155 g/mol. The molecule has 1 heterocycles. The quantitative estimate of drug-likeness (QED) is 0.649. The number of methoxy groups -OCH3 is 1. The van der Waals surface area contributed by atoms with Gasteiger partial charge in [0.2, 0.25) is 5.88 Å². The molecule has 0 amide bonds. The van der Waals surface area contributed by atoms with E-state index in [1.54, 1.807) is 6.07 Å². The fourth-order valence-corrected chi connectivity index (χ4v) is 0.841. The van der Waals surface area contributed by atoms with Gasteiger partial charge in [-0.2, -0.15) is 0 Å². The van der Waals surface area contributed by atoms with Gasteiger partial charge in [-0.3, -0.25) is 0 Å². The Morgan fingerprint density at radius 3 is 2.91 bits per heavy atom. The zero-order valence-electron chi connectivity index (χ0n) is 6.60. The Morgan fingerprint density at radius 1 is 1.64 bits per heavy atom. The van der Waals surface area contributed by atoms with Gasteiger partial charge in [-0.1, -0.05) is 6.92 Å². The third kappa shape index (κ3) is 1.67. The minimum Gasteiger partial charge on any atom is -0.481 e. The van der Waals surface area contributed by atoms with E-state index in [2.05, 4.69) is 4.98 Å². The first-order valence-electron chi connectivity index (χ1n) is 3.46. The maximum atomic E-state index is 12.8. The van der Waals surface area contributed by atoms with Crippen LogP contribution in [-0.4, -0.2) is 12.1 Å². The number of ether oxygens (including phenoxy) is 1. The largest absolute Gasteiger partial charge is 0.481 e. The van der Waals surface area contributed by atoms with E-state index >= 15 is 0 Å². The third-order valence-electron chi connectivity index (χ3n) is 1.50. The van der Waals surface area contributed by atoms with E-state index in [1.807, 2.05) is 6.92 Å². The van der Waals surface area contributed by atoms with Crippen LogP contribution in [0.25, 0.3) is 0 Å². The lowest BCUT2D eigenvalue weighted by Crippen LogP contribution is -1.93. The van der Waals surface area contributed by atoms with Crippen molar-refractivity contribution in [1.82, 2.24) is 4.98 Å². The van der Waals surface area contributed by atoms with Gasteiger partial charge < -0.3 is 4.74 Å². The summed E-state index contributed by atoms with van der Waals surface area (Å²) in [6.45, 7) is 1.89. The Balaban J connectivity index is 3.02. The molecule has 0 aliphatic heterocycles. The summed E-state index contributed by atoms with van der Waals surface area (Å²) in [6.07, 6.45) is 1.84. The summed E-state index contributed by atoms with van der Waals surface area (Å²) in [7, 11) is 1.51. The molecule has 0 unspecified atom stereocenters. The Hall–Kier alpha value is -1.12. The molecule has 2 nitrogen and oxygen atoms in total. The third-order valence-corrected chi connectivity index (χ3v) is 1.50. The van der Waals surface area contributed by atoms with Gasteiger partial charge in [-0.25, -0.2) is 9.37 Å². The van der Waals surface area contributed by atoms with Gasteiger partial charge in [-0.15, -0.1) is 0 Å². The van der Waals surface area contributed by atoms with Crippen molar-refractivity contribution >= 4 is 0 Å². The van der Waals surface area contributed by atoms with Crippen molar-refractivity contribution in [2.75, 3.05) is 7.11 Å². The van der Waals surface area contributed by atoms with Gasteiger partial charge in [0, 0.05) is 6.07 Å². The van der Waals surface area contributed by atoms with Gasteiger partial charge in [0.1, 0.15) is 5.82 Å². The number of rotatable bonds is 2. The van der Waals surface area contributed by atoms with Crippen molar-refractivity contribution in [3.05, 3.63) is 23.6 Å². The SMILES string of the molecule is CCc1cc(OC)ncc1F. The molecule has 0 N–H and O–H groups in total. The van der Waals surface area contributed by atoms with E-state index < -0.39 is 0 Å². The summed E-state index contributed by atoms with van der Waals surface area (Å²) in [4.78, 5) is 3.71. The smallest absolute Gasteiger partial charge is 0.213 e. The molecule has 0 aliphatic carbocycles. The minimum absolute atomic E-state index is 0.270. The highest BCUT2D eigenvalue weighted by molar-refractivity contribution is 5.21. The molecule has 0 aromatic carbocycles. The van der Waals surface area contributed by atoms with E-state index in [4.69, 9.17) is 4.74 Å². The zero-order chi connectivity index (χ0) is 8.27. The number of hydrogen-bond donors (Lipinski definition) is 0. The fraction of sp³-hybridized carbons (Fsp3) is 0.375. The molecular weight excluding hydrogens is 145 g/mol. The van der Waals surface area contributed by atoms with Gasteiger partial charge in [0.05, 0.1) is 13.3 Å². The molecule has 1 aromatic heterocycles. The Bertz CT molecular complexity index is 250. The molecule has 1 rings (SSSR count). The Labute approximate surface area is 65.0 Å². The first-order chi connectivity index (χ1) is 5.27. The second-order valence-corrected chi connectivity index (χ2v) is 2.17. The van der Waals surface area contributed by atoms with Gasteiger partial charge >= 0.3 is 0 Å². The highest BCUT2D eigenvalue weighted by atomic mass is 19.1. The van der Waals surface area contributed by atoms with Crippen molar-refractivity contribution in [2.24, 2.45) is 0 Å². The standard InChI is InChI=1S/C8H10FNO/c1-3-6-4-8(11-2)10-5-7(6)9/h4-5H,3H2,1-2H3. The predicted molar refractivity (Wildman–Crippen MR) is 40.1 cm³/mol. The molecule has 3 heteroatoms. The highest BCUT2D eigenvalue weighted by Crippen LogP contribution is 2.12. The van der Waals surface area contributed by atoms with Crippen LogP contribution in [0.2, 0.25) is 0 Å². The topological polar surface area (TPSA) is 22.1 Å². The number of pyridine rings is 1. The average Bonchev–Trinajstić information content (AvgIpc) is 2.05. The lowest BCUT2D eigenvalue weighted by molar-refractivity contribution is 0.395. The second kappa shape index (κ2) is 3.32. The van der Waals surface area contributed by atoms with Gasteiger partial charge in [0.25, 0.3) is 0 Å².